The molecule has 3 rings (SSSR count). The Hall–Kier alpha value is -2.70. The number of hydrogen-bond acceptors (Lipinski definition) is 4. The largest absolute Gasteiger partial charge is 0.481 e. The molecule has 1 heterocycles. The molecule has 0 bridgehead atoms. The second kappa shape index (κ2) is 11.4. The first-order chi connectivity index (χ1) is 16.6. The van der Waals surface area contributed by atoms with Crippen molar-refractivity contribution in [1.82, 2.24) is 10.2 Å². The van der Waals surface area contributed by atoms with Crippen LogP contribution in [0.15, 0.2) is 29.3 Å². The predicted molar refractivity (Wildman–Crippen MR) is 137 cm³/mol. The highest BCUT2D eigenvalue weighted by Gasteiger charge is 2.49. The lowest BCUT2D eigenvalue weighted by molar-refractivity contribution is -0.137. The zero-order valence-corrected chi connectivity index (χ0v) is 21.7. The molecule has 1 aliphatic carbocycles. The van der Waals surface area contributed by atoms with Gasteiger partial charge in [-0.15, -0.1) is 0 Å². The van der Waals surface area contributed by atoms with Crippen LogP contribution in [0.2, 0.25) is 0 Å². The normalized spacial score (nSPS) is 23.0. The molecule has 1 atom stereocenters. The molecule has 0 saturated heterocycles. The van der Waals surface area contributed by atoms with Crippen LogP contribution in [0, 0.1) is 11.3 Å². The minimum Gasteiger partial charge on any atom is -0.481 e. The van der Waals surface area contributed by atoms with Gasteiger partial charge in [-0.25, -0.2) is 0 Å². The lowest BCUT2D eigenvalue weighted by Gasteiger charge is -2.47. The monoisotopic (exact) mass is 483 g/mol. The van der Waals surface area contributed by atoms with Crippen LogP contribution in [-0.2, 0) is 9.59 Å². The minimum absolute atomic E-state index is 0.0174. The molecule has 192 valence electrons. The molecule has 2 N–H and O–H groups in total. The van der Waals surface area contributed by atoms with Gasteiger partial charge in [0.1, 0.15) is 5.66 Å². The minimum atomic E-state index is -0.946. The van der Waals surface area contributed by atoms with E-state index in [9.17, 15) is 14.4 Å². The highest BCUT2D eigenvalue weighted by Crippen LogP contribution is 2.48. The van der Waals surface area contributed by atoms with Crippen molar-refractivity contribution in [3.05, 3.63) is 35.4 Å². The molecule has 7 nitrogen and oxygen atoms in total. The van der Waals surface area contributed by atoms with E-state index in [1.165, 1.54) is 6.21 Å². The van der Waals surface area contributed by atoms with E-state index in [4.69, 9.17) is 10.1 Å². The van der Waals surface area contributed by atoms with Crippen molar-refractivity contribution >= 4 is 24.0 Å². The molecule has 0 aromatic heterocycles. The Labute approximate surface area is 209 Å². The maximum atomic E-state index is 13.2. The maximum Gasteiger partial charge on any atom is 0.305 e. The SMILES string of the molecule is CCCCCC(c1ccc(C(=O)NCCC(=O)O)cc1)N1C(=O)C=NC12CCC(C(C)(C)C)CC2. The molecule has 1 aromatic rings. The van der Waals surface area contributed by atoms with Crippen molar-refractivity contribution in [3.8, 4) is 0 Å². The molecule has 7 heteroatoms. The Kier molecular flexibility index (Phi) is 8.73. The summed E-state index contributed by atoms with van der Waals surface area (Å²) in [5, 5.41) is 11.4. The lowest BCUT2D eigenvalue weighted by Crippen LogP contribution is -2.51. The van der Waals surface area contributed by atoms with Gasteiger partial charge in [-0.1, -0.05) is 59.1 Å². The second-order valence-corrected chi connectivity index (χ2v) is 11.1. The van der Waals surface area contributed by atoms with Gasteiger partial charge < -0.3 is 15.3 Å². The lowest BCUT2D eigenvalue weighted by atomic mass is 9.69. The fourth-order valence-electron chi connectivity index (χ4n) is 5.54. The van der Waals surface area contributed by atoms with E-state index in [1.807, 2.05) is 17.0 Å². The summed E-state index contributed by atoms with van der Waals surface area (Å²) in [4.78, 5) is 43.1. The standard InChI is InChI=1S/C28H41N3O4/c1-5-6-7-8-23(20-9-11-21(12-10-20)26(35)29-18-15-25(33)34)31-24(32)19-30-28(31)16-13-22(14-17-28)27(2,3)4/h9-12,19,22-23H,5-8,13-18H2,1-4H3,(H,29,35)(H,33,34). The number of unbranched alkanes of at least 4 members (excludes halogenated alkanes) is 2. The molecule has 1 fully saturated rings. The van der Waals surface area contributed by atoms with E-state index < -0.39 is 11.6 Å². The number of hydrogen-bond donors (Lipinski definition) is 2. The van der Waals surface area contributed by atoms with Crippen LogP contribution in [0.3, 0.4) is 0 Å². The van der Waals surface area contributed by atoms with Gasteiger partial charge >= 0.3 is 5.97 Å². The van der Waals surface area contributed by atoms with Gasteiger partial charge in [0, 0.05) is 12.1 Å². The third-order valence-corrected chi connectivity index (χ3v) is 7.69. The zero-order chi connectivity index (χ0) is 25.6. The Morgan fingerprint density at radius 3 is 2.40 bits per heavy atom. The Morgan fingerprint density at radius 1 is 1.17 bits per heavy atom. The number of amides is 2. The summed E-state index contributed by atoms with van der Waals surface area (Å²) < 4.78 is 0. The number of benzene rings is 1. The van der Waals surface area contributed by atoms with E-state index in [2.05, 4.69) is 33.0 Å². The van der Waals surface area contributed by atoms with E-state index in [1.54, 1.807) is 12.1 Å². The average molecular weight is 484 g/mol. The fourth-order valence-corrected chi connectivity index (χ4v) is 5.54. The summed E-state index contributed by atoms with van der Waals surface area (Å²) in [5.74, 6) is -0.633. The van der Waals surface area contributed by atoms with Crippen molar-refractivity contribution in [1.29, 1.82) is 0 Å². The number of carboxylic acids is 1. The van der Waals surface area contributed by atoms with E-state index in [-0.39, 0.29) is 36.2 Å². The molecule has 35 heavy (non-hydrogen) atoms. The van der Waals surface area contributed by atoms with Crippen LogP contribution in [0.1, 0.15) is 107 Å². The first-order valence-corrected chi connectivity index (χ1v) is 13.1. The average Bonchev–Trinajstić information content (AvgIpc) is 3.11. The van der Waals surface area contributed by atoms with Crippen molar-refractivity contribution in [3.63, 3.8) is 0 Å². The van der Waals surface area contributed by atoms with Gasteiger partial charge in [-0.2, -0.15) is 0 Å². The van der Waals surface area contributed by atoms with Gasteiger partial charge in [0.25, 0.3) is 11.8 Å². The second-order valence-electron chi connectivity index (χ2n) is 11.1. The third kappa shape index (κ3) is 6.50. The number of carbonyl (C=O) groups excluding carboxylic acids is 2. The van der Waals surface area contributed by atoms with Crippen LogP contribution in [0.4, 0.5) is 0 Å². The summed E-state index contributed by atoms with van der Waals surface area (Å²) in [5.41, 5.74) is 1.28. The third-order valence-electron chi connectivity index (χ3n) is 7.69. The summed E-state index contributed by atoms with van der Waals surface area (Å²) in [6.45, 7) is 9.15. The molecule has 2 aliphatic rings. The number of rotatable bonds is 10. The van der Waals surface area contributed by atoms with Crippen LogP contribution in [0.5, 0.6) is 0 Å². The van der Waals surface area contributed by atoms with Gasteiger partial charge in [-0.05, 0) is 61.1 Å². The zero-order valence-electron chi connectivity index (χ0n) is 21.7. The number of aliphatic imine (C=N–C) groups is 1. The molecule has 0 radical (unpaired) electrons. The molecule has 1 aliphatic heterocycles. The number of carbonyl (C=O) groups is 3. The summed E-state index contributed by atoms with van der Waals surface area (Å²) in [7, 11) is 0. The molecule has 1 spiro atoms. The number of carboxylic acid groups (broad SMARTS) is 1. The topological polar surface area (TPSA) is 99.1 Å². The van der Waals surface area contributed by atoms with Gasteiger partial charge in [0.15, 0.2) is 0 Å². The number of nitrogens with one attached hydrogen (secondary N) is 1. The van der Waals surface area contributed by atoms with Gasteiger partial charge in [0.2, 0.25) is 0 Å². The first-order valence-electron chi connectivity index (χ1n) is 13.1. The van der Waals surface area contributed by atoms with E-state index in [0.29, 0.717) is 11.5 Å². The van der Waals surface area contributed by atoms with Crippen molar-refractivity contribution in [2.45, 2.75) is 97.2 Å². The molecule has 1 unspecified atom stereocenters. The van der Waals surface area contributed by atoms with Crippen molar-refractivity contribution < 1.29 is 19.5 Å². The van der Waals surface area contributed by atoms with Crippen molar-refractivity contribution in [2.24, 2.45) is 16.3 Å². The smallest absolute Gasteiger partial charge is 0.305 e. The van der Waals surface area contributed by atoms with Crippen LogP contribution < -0.4 is 5.32 Å². The van der Waals surface area contributed by atoms with Crippen LogP contribution in [-0.4, -0.2) is 46.2 Å². The molecular formula is C28H41N3O4. The van der Waals surface area contributed by atoms with E-state index >= 15 is 0 Å². The fraction of sp³-hybridized carbons (Fsp3) is 0.643. The Bertz CT molecular complexity index is 925. The van der Waals surface area contributed by atoms with Gasteiger partial charge in [0.05, 0.1) is 18.7 Å². The highest BCUT2D eigenvalue weighted by atomic mass is 16.4. The van der Waals surface area contributed by atoms with Crippen LogP contribution >= 0.6 is 0 Å². The maximum absolute atomic E-state index is 13.2. The summed E-state index contributed by atoms with van der Waals surface area (Å²) >= 11 is 0. The van der Waals surface area contributed by atoms with Crippen LogP contribution in [0.25, 0.3) is 0 Å². The van der Waals surface area contributed by atoms with Crippen molar-refractivity contribution in [2.75, 3.05) is 6.54 Å². The van der Waals surface area contributed by atoms with E-state index in [0.717, 1.165) is 56.9 Å². The van der Waals surface area contributed by atoms with Gasteiger partial charge in [-0.3, -0.25) is 19.4 Å². The predicted octanol–water partition coefficient (Wildman–Crippen LogP) is 5.36. The number of aliphatic carboxylic acids is 1. The molecular weight excluding hydrogens is 442 g/mol. The highest BCUT2D eigenvalue weighted by molar-refractivity contribution is 6.28. The summed E-state index contributed by atoms with van der Waals surface area (Å²) in [6.07, 6.45) is 9.36. The quantitative estimate of drug-likeness (QED) is 0.438. The molecule has 2 amide bonds. The molecule has 1 saturated carbocycles. The Morgan fingerprint density at radius 2 is 1.83 bits per heavy atom. The first kappa shape index (κ1) is 26.9. The number of nitrogens with zero attached hydrogens (tertiary/aromatic N) is 2. The Balaban J connectivity index is 1.81. The summed E-state index contributed by atoms with van der Waals surface area (Å²) in [6, 6.07) is 7.31. The molecule has 1 aromatic carbocycles.